The van der Waals surface area contributed by atoms with Crippen LogP contribution in [0.3, 0.4) is 0 Å². The summed E-state index contributed by atoms with van der Waals surface area (Å²) in [6.45, 7) is 5.89. The Morgan fingerprint density at radius 3 is 2.72 bits per heavy atom. The van der Waals surface area contributed by atoms with Gasteiger partial charge in [-0.05, 0) is 68.9 Å². The van der Waals surface area contributed by atoms with E-state index in [1.807, 2.05) is 17.0 Å². The molecule has 132 valence electrons. The Morgan fingerprint density at radius 2 is 2.04 bits per heavy atom. The van der Waals surface area contributed by atoms with E-state index in [9.17, 15) is 9.18 Å². The summed E-state index contributed by atoms with van der Waals surface area (Å²) in [6, 6.07) is 6.63. The molecule has 1 aromatic carbocycles. The second kappa shape index (κ2) is 5.76. The molecular formula is C18H21FN4OS. The van der Waals surface area contributed by atoms with Crippen LogP contribution in [0.1, 0.15) is 43.6 Å². The normalized spacial score (nSPS) is 25.1. The molecule has 0 radical (unpaired) electrons. The first-order valence-corrected chi connectivity index (χ1v) is 9.37. The molecule has 0 N–H and O–H groups in total. The molecule has 25 heavy (non-hydrogen) atoms. The maximum absolute atomic E-state index is 13.3. The highest BCUT2D eigenvalue weighted by molar-refractivity contribution is 7.03. The van der Waals surface area contributed by atoms with E-state index < -0.39 is 0 Å². The van der Waals surface area contributed by atoms with Crippen LogP contribution in [0.15, 0.2) is 29.6 Å². The number of hydrogen-bond donors (Lipinski definition) is 0. The van der Waals surface area contributed by atoms with Crippen molar-refractivity contribution >= 4 is 23.1 Å². The largest absolute Gasteiger partial charge is 0.364 e. The Kier molecular flexibility index (Phi) is 3.79. The van der Waals surface area contributed by atoms with Gasteiger partial charge < -0.3 is 9.80 Å². The fourth-order valence-corrected chi connectivity index (χ4v) is 4.96. The highest BCUT2D eigenvalue weighted by atomic mass is 32.1. The first kappa shape index (κ1) is 16.4. The molecule has 5 nitrogen and oxygen atoms in total. The van der Waals surface area contributed by atoms with Crippen LogP contribution in [0.5, 0.6) is 0 Å². The summed E-state index contributed by atoms with van der Waals surface area (Å²) in [4.78, 5) is 17.2. The molecule has 1 amide bonds. The van der Waals surface area contributed by atoms with Crippen LogP contribution in [0.4, 0.5) is 10.1 Å². The lowest BCUT2D eigenvalue weighted by Crippen LogP contribution is -2.49. The molecule has 2 aliphatic heterocycles. The van der Waals surface area contributed by atoms with Gasteiger partial charge in [-0.25, -0.2) is 4.39 Å². The number of aromatic nitrogens is 2. The van der Waals surface area contributed by atoms with E-state index in [1.54, 1.807) is 5.38 Å². The molecule has 3 heterocycles. The molecular weight excluding hydrogens is 339 g/mol. The van der Waals surface area contributed by atoms with Crippen molar-refractivity contribution in [2.75, 3.05) is 18.0 Å². The Hall–Kier alpha value is -2.02. The highest BCUT2D eigenvalue weighted by Gasteiger charge is 2.55. The summed E-state index contributed by atoms with van der Waals surface area (Å²) in [5, 5.41) is 5.68. The SMILES string of the molecule is CC1(C)CC2(CCCN2C(=O)c2csnn2)CN1c1ccc(F)cc1. The van der Waals surface area contributed by atoms with Gasteiger partial charge in [0, 0.05) is 29.7 Å². The van der Waals surface area contributed by atoms with Gasteiger partial charge in [0.1, 0.15) is 5.82 Å². The van der Waals surface area contributed by atoms with Crippen LogP contribution < -0.4 is 4.90 Å². The van der Waals surface area contributed by atoms with Gasteiger partial charge in [0.25, 0.3) is 5.91 Å². The van der Waals surface area contributed by atoms with Gasteiger partial charge in [0.2, 0.25) is 0 Å². The molecule has 0 saturated carbocycles. The summed E-state index contributed by atoms with van der Waals surface area (Å²) in [5.41, 5.74) is 1.13. The van der Waals surface area contributed by atoms with Crippen LogP contribution in [0, 0.1) is 5.82 Å². The lowest BCUT2D eigenvalue weighted by molar-refractivity contribution is 0.0611. The Labute approximate surface area is 150 Å². The predicted octanol–water partition coefficient (Wildman–Crippen LogP) is 3.34. The number of benzene rings is 1. The molecule has 0 bridgehead atoms. The number of nitrogens with zero attached hydrogens (tertiary/aromatic N) is 4. The maximum Gasteiger partial charge on any atom is 0.275 e. The van der Waals surface area contributed by atoms with Gasteiger partial charge in [0.15, 0.2) is 5.69 Å². The lowest BCUT2D eigenvalue weighted by Gasteiger charge is -2.34. The molecule has 7 heteroatoms. The Morgan fingerprint density at radius 1 is 1.28 bits per heavy atom. The molecule has 2 aromatic rings. The van der Waals surface area contributed by atoms with Crippen LogP contribution in [0.25, 0.3) is 0 Å². The smallest absolute Gasteiger partial charge is 0.275 e. The van der Waals surface area contributed by atoms with Crippen molar-refractivity contribution in [2.45, 2.75) is 44.2 Å². The molecule has 1 atom stereocenters. The number of carbonyl (C=O) groups is 1. The van der Waals surface area contributed by atoms with E-state index in [0.717, 1.165) is 38.0 Å². The van der Waals surface area contributed by atoms with Crippen molar-refractivity contribution in [3.05, 3.63) is 41.2 Å². The number of hydrogen-bond acceptors (Lipinski definition) is 5. The lowest BCUT2D eigenvalue weighted by atomic mass is 9.87. The average molecular weight is 360 g/mol. The van der Waals surface area contributed by atoms with Crippen LogP contribution in [-0.2, 0) is 0 Å². The van der Waals surface area contributed by atoms with Crippen molar-refractivity contribution in [3.63, 3.8) is 0 Å². The number of rotatable bonds is 2. The third-order valence-electron chi connectivity index (χ3n) is 5.50. The Balaban J connectivity index is 1.66. The molecule has 2 saturated heterocycles. The third kappa shape index (κ3) is 2.70. The van der Waals surface area contributed by atoms with Crippen LogP contribution in [0.2, 0.25) is 0 Å². The molecule has 1 spiro atoms. The van der Waals surface area contributed by atoms with E-state index in [2.05, 4.69) is 28.3 Å². The summed E-state index contributed by atoms with van der Waals surface area (Å²) in [7, 11) is 0. The molecule has 2 aliphatic rings. The summed E-state index contributed by atoms with van der Waals surface area (Å²) in [5.74, 6) is -0.257. The van der Waals surface area contributed by atoms with E-state index in [0.29, 0.717) is 5.69 Å². The Bertz CT molecular complexity index is 777. The van der Waals surface area contributed by atoms with Crippen LogP contribution in [-0.4, -0.2) is 44.6 Å². The fourth-order valence-electron chi connectivity index (χ4n) is 4.53. The standard InChI is InChI=1S/C18H21FN4OS/c1-17(2)11-18(12-23(17)14-6-4-13(19)5-7-14)8-3-9-22(18)16(24)15-10-25-21-20-15/h4-7,10H,3,8-9,11-12H2,1-2H3. The van der Waals surface area contributed by atoms with Gasteiger partial charge in [-0.3, -0.25) is 4.79 Å². The van der Waals surface area contributed by atoms with Gasteiger partial charge in [-0.15, -0.1) is 5.10 Å². The second-order valence-corrected chi connectivity index (χ2v) is 8.24. The molecule has 1 unspecified atom stereocenters. The zero-order valence-corrected chi connectivity index (χ0v) is 15.2. The number of likely N-dealkylation sites (tertiary alicyclic amines) is 1. The van der Waals surface area contributed by atoms with E-state index in [1.165, 1.54) is 23.7 Å². The number of anilines is 1. The minimum Gasteiger partial charge on any atom is -0.364 e. The quantitative estimate of drug-likeness (QED) is 0.824. The van der Waals surface area contributed by atoms with Gasteiger partial charge >= 0.3 is 0 Å². The summed E-state index contributed by atoms with van der Waals surface area (Å²) >= 11 is 1.20. The number of carbonyl (C=O) groups excluding carboxylic acids is 1. The zero-order chi connectivity index (χ0) is 17.7. The minimum absolute atomic E-state index is 0.0250. The maximum atomic E-state index is 13.3. The van der Waals surface area contributed by atoms with Gasteiger partial charge in [-0.2, -0.15) is 0 Å². The molecule has 2 fully saturated rings. The molecule has 0 aliphatic carbocycles. The summed E-state index contributed by atoms with van der Waals surface area (Å²) in [6.07, 6.45) is 2.87. The molecule has 1 aromatic heterocycles. The van der Waals surface area contributed by atoms with E-state index >= 15 is 0 Å². The van der Waals surface area contributed by atoms with Gasteiger partial charge in [-0.1, -0.05) is 4.49 Å². The van der Waals surface area contributed by atoms with Crippen molar-refractivity contribution < 1.29 is 9.18 Å². The van der Waals surface area contributed by atoms with E-state index in [4.69, 9.17) is 0 Å². The highest BCUT2D eigenvalue weighted by Crippen LogP contribution is 2.47. The minimum atomic E-state index is -0.232. The monoisotopic (exact) mass is 360 g/mol. The first-order chi connectivity index (χ1) is 11.9. The zero-order valence-electron chi connectivity index (χ0n) is 14.4. The third-order valence-corrected chi connectivity index (χ3v) is 6.01. The first-order valence-electron chi connectivity index (χ1n) is 8.54. The van der Waals surface area contributed by atoms with Crippen molar-refractivity contribution in [3.8, 4) is 0 Å². The fraction of sp³-hybridized carbons (Fsp3) is 0.500. The summed E-state index contributed by atoms with van der Waals surface area (Å²) < 4.78 is 17.1. The topological polar surface area (TPSA) is 49.3 Å². The van der Waals surface area contributed by atoms with Crippen molar-refractivity contribution in [2.24, 2.45) is 0 Å². The van der Waals surface area contributed by atoms with E-state index in [-0.39, 0.29) is 22.8 Å². The number of halogens is 1. The average Bonchev–Trinajstić information content (AvgIpc) is 3.27. The second-order valence-electron chi connectivity index (χ2n) is 7.63. The van der Waals surface area contributed by atoms with Crippen LogP contribution >= 0.6 is 11.5 Å². The number of amides is 1. The van der Waals surface area contributed by atoms with Crippen molar-refractivity contribution in [1.82, 2.24) is 14.5 Å². The predicted molar refractivity (Wildman–Crippen MR) is 95.4 cm³/mol. The van der Waals surface area contributed by atoms with Crippen molar-refractivity contribution in [1.29, 1.82) is 0 Å². The van der Waals surface area contributed by atoms with Gasteiger partial charge in [0.05, 0.1) is 5.54 Å². The molecule has 4 rings (SSSR count).